The Morgan fingerprint density at radius 1 is 1.21 bits per heavy atom. The van der Waals surface area contributed by atoms with Crippen molar-refractivity contribution in [3.05, 3.63) is 64.7 Å². The van der Waals surface area contributed by atoms with Crippen LogP contribution in [0.25, 0.3) is 10.6 Å². The lowest BCUT2D eigenvalue weighted by atomic mass is 10.1. The summed E-state index contributed by atoms with van der Waals surface area (Å²) in [5.74, 6) is 0.557. The van der Waals surface area contributed by atoms with Gasteiger partial charge in [-0.25, -0.2) is 9.78 Å². The van der Waals surface area contributed by atoms with Crippen molar-refractivity contribution in [2.75, 3.05) is 6.61 Å². The number of aryl methyl sites for hydroxylation is 2. The SMILES string of the molecule is CCCc1cc(SCc2sc(-c3ccccc3)nc2C)ccc1OCC(=O)O. The van der Waals surface area contributed by atoms with Crippen LogP contribution in [0.2, 0.25) is 0 Å². The highest BCUT2D eigenvalue weighted by molar-refractivity contribution is 7.98. The minimum absolute atomic E-state index is 0.314. The number of benzene rings is 2. The van der Waals surface area contributed by atoms with Gasteiger partial charge in [0.05, 0.1) is 5.69 Å². The van der Waals surface area contributed by atoms with E-state index in [-0.39, 0.29) is 6.61 Å². The molecule has 4 nitrogen and oxygen atoms in total. The predicted molar refractivity (Wildman–Crippen MR) is 115 cm³/mol. The van der Waals surface area contributed by atoms with Gasteiger partial charge >= 0.3 is 5.97 Å². The van der Waals surface area contributed by atoms with Gasteiger partial charge in [-0.15, -0.1) is 23.1 Å². The number of ether oxygens (including phenoxy) is 1. The average molecular weight is 414 g/mol. The molecule has 146 valence electrons. The van der Waals surface area contributed by atoms with Crippen LogP contribution in [0, 0.1) is 6.92 Å². The number of hydrogen-bond donors (Lipinski definition) is 1. The minimum atomic E-state index is -0.962. The van der Waals surface area contributed by atoms with Crippen LogP contribution in [0.3, 0.4) is 0 Å². The van der Waals surface area contributed by atoms with Crippen LogP contribution in [0.1, 0.15) is 29.5 Å². The molecule has 0 aliphatic heterocycles. The molecule has 0 aliphatic carbocycles. The number of carboxylic acids is 1. The van der Waals surface area contributed by atoms with Gasteiger partial charge in [0, 0.05) is 21.1 Å². The summed E-state index contributed by atoms with van der Waals surface area (Å²) in [6, 6.07) is 16.2. The molecule has 0 unspecified atom stereocenters. The van der Waals surface area contributed by atoms with Crippen molar-refractivity contribution < 1.29 is 14.6 Å². The number of carbonyl (C=O) groups is 1. The van der Waals surface area contributed by atoms with Gasteiger partial charge in [-0.3, -0.25) is 0 Å². The first-order valence-corrected chi connectivity index (χ1v) is 11.0. The number of carboxylic acid groups (broad SMARTS) is 1. The van der Waals surface area contributed by atoms with Crippen molar-refractivity contribution in [3.63, 3.8) is 0 Å². The predicted octanol–water partition coefficient (Wildman–Crippen LogP) is 5.83. The molecule has 1 aromatic heterocycles. The Balaban J connectivity index is 1.71. The molecule has 1 heterocycles. The molecule has 0 atom stereocenters. The van der Waals surface area contributed by atoms with Crippen molar-refractivity contribution in [2.45, 2.75) is 37.3 Å². The maximum Gasteiger partial charge on any atom is 0.341 e. The van der Waals surface area contributed by atoms with E-state index in [1.807, 2.05) is 30.3 Å². The lowest BCUT2D eigenvalue weighted by Crippen LogP contribution is -2.10. The van der Waals surface area contributed by atoms with Crippen LogP contribution in [0.5, 0.6) is 5.75 Å². The summed E-state index contributed by atoms with van der Waals surface area (Å²) < 4.78 is 5.42. The number of aliphatic carboxylic acids is 1. The first-order chi connectivity index (χ1) is 13.6. The molecule has 0 spiro atoms. The zero-order valence-corrected chi connectivity index (χ0v) is 17.6. The molecule has 3 rings (SSSR count). The van der Waals surface area contributed by atoms with Gasteiger partial charge < -0.3 is 9.84 Å². The fourth-order valence-corrected chi connectivity index (χ4v) is 4.98. The molecule has 1 N–H and O–H groups in total. The molecule has 28 heavy (non-hydrogen) atoms. The molecule has 0 saturated heterocycles. The van der Waals surface area contributed by atoms with Gasteiger partial charge in [-0.05, 0) is 37.1 Å². The summed E-state index contributed by atoms with van der Waals surface area (Å²) in [5.41, 5.74) is 3.28. The Labute approximate surface area is 173 Å². The highest BCUT2D eigenvalue weighted by Crippen LogP contribution is 2.34. The molecule has 0 aliphatic rings. The van der Waals surface area contributed by atoms with Gasteiger partial charge in [0.15, 0.2) is 6.61 Å². The zero-order chi connectivity index (χ0) is 19.9. The Kier molecular flexibility index (Phi) is 7.12. The van der Waals surface area contributed by atoms with E-state index < -0.39 is 5.97 Å². The number of thioether (sulfide) groups is 1. The van der Waals surface area contributed by atoms with Crippen LogP contribution >= 0.6 is 23.1 Å². The first kappa shape index (κ1) is 20.4. The lowest BCUT2D eigenvalue weighted by molar-refractivity contribution is -0.139. The second-order valence-electron chi connectivity index (χ2n) is 6.38. The van der Waals surface area contributed by atoms with E-state index in [2.05, 4.69) is 32.0 Å². The van der Waals surface area contributed by atoms with Gasteiger partial charge in [-0.1, -0.05) is 43.7 Å². The highest BCUT2D eigenvalue weighted by atomic mass is 32.2. The third kappa shape index (κ3) is 5.36. The average Bonchev–Trinajstić information content (AvgIpc) is 3.07. The summed E-state index contributed by atoms with van der Waals surface area (Å²) in [7, 11) is 0. The molecule has 6 heteroatoms. The van der Waals surface area contributed by atoms with E-state index >= 15 is 0 Å². The standard InChI is InChI=1S/C22H23NO3S2/c1-3-7-17-12-18(10-11-19(17)26-13-21(24)25)27-14-20-15(2)23-22(28-20)16-8-5-4-6-9-16/h4-6,8-12H,3,7,13-14H2,1-2H3,(H,24,25). The topological polar surface area (TPSA) is 59.4 Å². The van der Waals surface area contributed by atoms with Crippen molar-refractivity contribution in [1.29, 1.82) is 0 Å². The van der Waals surface area contributed by atoms with Crippen LogP contribution in [0.4, 0.5) is 0 Å². The molecule has 0 radical (unpaired) electrons. The molecule has 2 aromatic carbocycles. The van der Waals surface area contributed by atoms with Gasteiger partial charge in [0.2, 0.25) is 0 Å². The largest absolute Gasteiger partial charge is 0.482 e. The normalized spacial score (nSPS) is 10.8. The quantitative estimate of drug-likeness (QED) is 0.448. The first-order valence-electron chi connectivity index (χ1n) is 9.19. The summed E-state index contributed by atoms with van der Waals surface area (Å²) in [5, 5.41) is 9.89. The number of thiazole rings is 1. The summed E-state index contributed by atoms with van der Waals surface area (Å²) in [6.07, 6.45) is 1.84. The molecule has 3 aromatic rings. The maximum atomic E-state index is 10.8. The van der Waals surface area contributed by atoms with Crippen molar-refractivity contribution in [1.82, 2.24) is 4.98 Å². The number of rotatable bonds is 9. The number of hydrogen-bond acceptors (Lipinski definition) is 5. The van der Waals surface area contributed by atoms with E-state index in [0.717, 1.165) is 45.3 Å². The molecular weight excluding hydrogens is 390 g/mol. The van der Waals surface area contributed by atoms with Crippen molar-refractivity contribution in [2.24, 2.45) is 0 Å². The molecule has 0 amide bonds. The Morgan fingerprint density at radius 3 is 2.71 bits per heavy atom. The molecule has 0 saturated carbocycles. The lowest BCUT2D eigenvalue weighted by Gasteiger charge is -2.11. The van der Waals surface area contributed by atoms with Crippen LogP contribution in [-0.4, -0.2) is 22.7 Å². The van der Waals surface area contributed by atoms with Gasteiger partial charge in [0.25, 0.3) is 0 Å². The number of aromatic nitrogens is 1. The Morgan fingerprint density at radius 2 is 2.00 bits per heavy atom. The van der Waals surface area contributed by atoms with Crippen LogP contribution in [0.15, 0.2) is 53.4 Å². The smallest absolute Gasteiger partial charge is 0.341 e. The maximum absolute atomic E-state index is 10.8. The van der Waals surface area contributed by atoms with Crippen LogP contribution < -0.4 is 4.74 Å². The van der Waals surface area contributed by atoms with Crippen molar-refractivity contribution in [3.8, 4) is 16.3 Å². The monoisotopic (exact) mass is 413 g/mol. The second-order valence-corrected chi connectivity index (χ2v) is 8.52. The fraction of sp³-hybridized carbons (Fsp3) is 0.273. The number of nitrogens with zero attached hydrogens (tertiary/aromatic N) is 1. The Bertz CT molecular complexity index is 938. The van der Waals surface area contributed by atoms with E-state index in [1.54, 1.807) is 23.1 Å². The third-order valence-corrected chi connectivity index (χ3v) is 6.60. The minimum Gasteiger partial charge on any atom is -0.482 e. The second kappa shape index (κ2) is 9.75. The van der Waals surface area contributed by atoms with E-state index in [9.17, 15) is 4.79 Å². The fourth-order valence-electron chi connectivity index (χ4n) is 2.81. The molecule has 0 fully saturated rings. The van der Waals surface area contributed by atoms with E-state index in [1.165, 1.54) is 4.88 Å². The van der Waals surface area contributed by atoms with Crippen molar-refractivity contribution >= 4 is 29.1 Å². The highest BCUT2D eigenvalue weighted by Gasteiger charge is 2.11. The molecule has 0 bridgehead atoms. The summed E-state index contributed by atoms with van der Waals surface area (Å²) in [4.78, 5) is 17.9. The van der Waals surface area contributed by atoms with Gasteiger partial charge in [0.1, 0.15) is 10.8 Å². The third-order valence-electron chi connectivity index (χ3n) is 4.19. The molecular formula is C22H23NO3S2. The van der Waals surface area contributed by atoms with E-state index in [0.29, 0.717) is 5.75 Å². The van der Waals surface area contributed by atoms with Gasteiger partial charge in [-0.2, -0.15) is 0 Å². The summed E-state index contributed by atoms with van der Waals surface area (Å²) >= 11 is 3.51. The zero-order valence-electron chi connectivity index (χ0n) is 16.0. The summed E-state index contributed by atoms with van der Waals surface area (Å²) in [6.45, 7) is 3.85. The van der Waals surface area contributed by atoms with E-state index in [4.69, 9.17) is 14.8 Å². The van der Waals surface area contributed by atoms with Crippen LogP contribution in [-0.2, 0) is 17.0 Å². The Hall–Kier alpha value is -2.31.